The summed E-state index contributed by atoms with van der Waals surface area (Å²) in [5, 5.41) is 14.1. The van der Waals surface area contributed by atoms with Crippen LogP contribution in [0.1, 0.15) is 17.7 Å². The van der Waals surface area contributed by atoms with Crippen LogP contribution in [0.25, 0.3) is 0 Å². The van der Waals surface area contributed by atoms with Crippen LogP contribution < -0.4 is 11.1 Å². The Balaban J connectivity index is 2.06. The summed E-state index contributed by atoms with van der Waals surface area (Å²) in [4.78, 5) is 11.9. The molecule has 2 rings (SSSR count). The van der Waals surface area contributed by atoms with E-state index in [0.717, 1.165) is 6.07 Å². The molecule has 21 heavy (non-hydrogen) atoms. The molecule has 6 nitrogen and oxygen atoms in total. The van der Waals surface area contributed by atoms with Crippen molar-refractivity contribution in [2.45, 2.75) is 12.8 Å². The van der Waals surface area contributed by atoms with E-state index >= 15 is 0 Å². The van der Waals surface area contributed by atoms with Crippen molar-refractivity contribution in [2.24, 2.45) is 10.9 Å². The van der Waals surface area contributed by atoms with Crippen molar-refractivity contribution >= 4 is 17.4 Å². The summed E-state index contributed by atoms with van der Waals surface area (Å²) in [5.41, 5.74) is 5.85. The van der Waals surface area contributed by atoms with Gasteiger partial charge >= 0.3 is 0 Å². The Bertz CT molecular complexity index is 653. The Morgan fingerprint density at radius 1 is 1.43 bits per heavy atom. The maximum Gasteiger partial charge on any atom is 0.224 e. The number of anilines is 1. The number of aryl methyl sites for hydroxylation is 1. The van der Waals surface area contributed by atoms with E-state index in [9.17, 15) is 9.18 Å². The molecule has 0 aliphatic rings. The van der Waals surface area contributed by atoms with Crippen molar-refractivity contribution in [1.82, 2.24) is 0 Å². The molecular formula is C14H14FN3O3. The van der Waals surface area contributed by atoms with Crippen molar-refractivity contribution in [3.05, 3.63) is 53.7 Å². The van der Waals surface area contributed by atoms with E-state index < -0.39 is 5.82 Å². The molecule has 0 radical (unpaired) electrons. The molecule has 1 aromatic heterocycles. The lowest BCUT2D eigenvalue weighted by atomic mass is 10.1. The zero-order chi connectivity index (χ0) is 15.2. The zero-order valence-electron chi connectivity index (χ0n) is 11.0. The van der Waals surface area contributed by atoms with Gasteiger partial charge in [-0.25, -0.2) is 4.39 Å². The molecule has 0 saturated carbocycles. The van der Waals surface area contributed by atoms with Crippen LogP contribution >= 0.6 is 0 Å². The predicted molar refractivity (Wildman–Crippen MR) is 74.6 cm³/mol. The van der Waals surface area contributed by atoms with E-state index in [1.807, 2.05) is 0 Å². The first-order chi connectivity index (χ1) is 10.1. The van der Waals surface area contributed by atoms with E-state index in [4.69, 9.17) is 15.4 Å². The molecule has 0 aliphatic heterocycles. The molecule has 0 spiro atoms. The number of carbonyl (C=O) groups excluding carboxylic acids is 1. The van der Waals surface area contributed by atoms with E-state index in [1.54, 1.807) is 12.1 Å². The van der Waals surface area contributed by atoms with E-state index in [1.165, 1.54) is 18.4 Å². The summed E-state index contributed by atoms with van der Waals surface area (Å²) in [6.07, 6.45) is 2.17. The smallest absolute Gasteiger partial charge is 0.224 e. The summed E-state index contributed by atoms with van der Waals surface area (Å²) in [6.45, 7) is 0. The number of amides is 1. The lowest BCUT2D eigenvalue weighted by Crippen LogP contribution is -2.19. The van der Waals surface area contributed by atoms with E-state index in [-0.39, 0.29) is 29.4 Å². The van der Waals surface area contributed by atoms with Crippen LogP contribution in [0.15, 0.2) is 46.2 Å². The van der Waals surface area contributed by atoms with Crippen molar-refractivity contribution in [3.63, 3.8) is 0 Å². The quantitative estimate of drug-likeness (QED) is 0.340. The molecule has 0 atom stereocenters. The van der Waals surface area contributed by atoms with Gasteiger partial charge in [0.15, 0.2) is 5.84 Å². The second-order valence-electron chi connectivity index (χ2n) is 4.30. The minimum atomic E-state index is -0.551. The number of amidine groups is 1. The third-order valence-corrected chi connectivity index (χ3v) is 2.82. The number of benzene rings is 1. The van der Waals surface area contributed by atoms with Gasteiger partial charge in [-0.3, -0.25) is 4.79 Å². The molecular weight excluding hydrogens is 277 g/mol. The second kappa shape index (κ2) is 6.56. The van der Waals surface area contributed by atoms with Gasteiger partial charge in [0.05, 0.1) is 12.0 Å². The highest BCUT2D eigenvalue weighted by atomic mass is 19.1. The summed E-state index contributed by atoms with van der Waals surface area (Å²) in [6, 6.07) is 7.12. The van der Waals surface area contributed by atoms with Crippen molar-refractivity contribution in [1.29, 1.82) is 0 Å². The summed E-state index contributed by atoms with van der Waals surface area (Å²) in [7, 11) is 0. The molecule has 1 aromatic carbocycles. The maximum absolute atomic E-state index is 13.2. The summed E-state index contributed by atoms with van der Waals surface area (Å²) >= 11 is 0. The fraction of sp³-hybridized carbons (Fsp3) is 0.143. The Morgan fingerprint density at radius 3 is 2.90 bits per heavy atom. The van der Waals surface area contributed by atoms with Gasteiger partial charge in [-0.1, -0.05) is 5.16 Å². The first kappa shape index (κ1) is 14.6. The van der Waals surface area contributed by atoms with Crippen LogP contribution in [0.3, 0.4) is 0 Å². The monoisotopic (exact) mass is 291 g/mol. The number of hydrogen-bond acceptors (Lipinski definition) is 4. The number of carbonyl (C=O) groups is 1. The van der Waals surface area contributed by atoms with Crippen LogP contribution in [-0.2, 0) is 11.2 Å². The minimum Gasteiger partial charge on any atom is -0.469 e. The largest absolute Gasteiger partial charge is 0.469 e. The topological polar surface area (TPSA) is 101 Å². The molecule has 1 heterocycles. The zero-order valence-corrected chi connectivity index (χ0v) is 11.0. The molecule has 1 amide bonds. The summed E-state index contributed by atoms with van der Waals surface area (Å²) < 4.78 is 18.3. The lowest BCUT2D eigenvalue weighted by molar-refractivity contribution is -0.116. The standard InChI is InChI=1S/C14H14FN3O3/c15-9-3-5-12(11(8-9)14(16)18-20)17-13(19)6-4-10-2-1-7-21-10/h1-3,5,7-8,20H,4,6H2,(H2,16,18)(H,17,19). The van der Waals surface area contributed by atoms with Gasteiger partial charge < -0.3 is 20.7 Å². The second-order valence-corrected chi connectivity index (χ2v) is 4.30. The van der Waals surface area contributed by atoms with Gasteiger partial charge in [-0.15, -0.1) is 0 Å². The first-order valence-corrected chi connectivity index (χ1v) is 6.20. The highest BCUT2D eigenvalue weighted by Crippen LogP contribution is 2.17. The molecule has 0 bridgehead atoms. The molecule has 2 aromatic rings. The fourth-order valence-corrected chi connectivity index (χ4v) is 1.80. The molecule has 0 unspecified atom stereocenters. The Kier molecular flexibility index (Phi) is 4.55. The SMILES string of the molecule is N/C(=N/O)c1cc(F)ccc1NC(=O)CCc1ccco1. The maximum atomic E-state index is 13.2. The number of nitrogens with zero attached hydrogens (tertiary/aromatic N) is 1. The van der Waals surface area contributed by atoms with E-state index in [2.05, 4.69) is 10.5 Å². The number of rotatable bonds is 5. The normalized spacial score (nSPS) is 11.4. The first-order valence-electron chi connectivity index (χ1n) is 6.20. The average molecular weight is 291 g/mol. The number of oxime groups is 1. The van der Waals surface area contributed by atoms with Gasteiger partial charge in [-0.2, -0.15) is 0 Å². The number of halogens is 1. The van der Waals surface area contributed by atoms with Crippen molar-refractivity contribution in [3.8, 4) is 0 Å². The lowest BCUT2D eigenvalue weighted by Gasteiger charge is -2.10. The number of furan rings is 1. The molecule has 110 valence electrons. The number of nitrogens with one attached hydrogen (secondary N) is 1. The third kappa shape index (κ3) is 3.82. The van der Waals surface area contributed by atoms with E-state index in [0.29, 0.717) is 12.2 Å². The highest BCUT2D eigenvalue weighted by Gasteiger charge is 2.12. The Labute approximate surface area is 120 Å². The summed E-state index contributed by atoms with van der Waals surface area (Å²) in [5.74, 6) is -0.424. The molecule has 0 fully saturated rings. The van der Waals surface area contributed by atoms with Gasteiger partial charge in [0.2, 0.25) is 5.91 Å². The minimum absolute atomic E-state index is 0.115. The van der Waals surface area contributed by atoms with Crippen LogP contribution in [0.4, 0.5) is 10.1 Å². The van der Waals surface area contributed by atoms with Crippen LogP contribution in [-0.4, -0.2) is 17.0 Å². The Hall–Kier alpha value is -2.83. The number of nitrogens with two attached hydrogens (primary N) is 1. The highest BCUT2D eigenvalue weighted by molar-refractivity contribution is 6.05. The van der Waals surface area contributed by atoms with Gasteiger partial charge in [0.25, 0.3) is 0 Å². The fourth-order valence-electron chi connectivity index (χ4n) is 1.80. The number of hydrogen-bond donors (Lipinski definition) is 3. The van der Waals surface area contributed by atoms with Gasteiger partial charge in [0, 0.05) is 18.4 Å². The van der Waals surface area contributed by atoms with Crippen LogP contribution in [0.5, 0.6) is 0 Å². The molecule has 7 heteroatoms. The third-order valence-electron chi connectivity index (χ3n) is 2.82. The van der Waals surface area contributed by atoms with Crippen LogP contribution in [0, 0.1) is 5.82 Å². The average Bonchev–Trinajstić information content (AvgIpc) is 2.99. The Morgan fingerprint density at radius 2 is 2.24 bits per heavy atom. The van der Waals surface area contributed by atoms with Crippen molar-refractivity contribution in [2.75, 3.05) is 5.32 Å². The van der Waals surface area contributed by atoms with Crippen molar-refractivity contribution < 1.29 is 18.8 Å². The molecule has 4 N–H and O–H groups in total. The predicted octanol–water partition coefficient (Wildman–Crippen LogP) is 2.08. The van der Waals surface area contributed by atoms with Gasteiger partial charge in [0.1, 0.15) is 11.6 Å². The molecule has 0 aliphatic carbocycles. The molecule has 0 saturated heterocycles. The van der Waals surface area contributed by atoms with Gasteiger partial charge in [-0.05, 0) is 30.3 Å². The van der Waals surface area contributed by atoms with Crippen LogP contribution in [0.2, 0.25) is 0 Å².